The van der Waals surface area contributed by atoms with Gasteiger partial charge >= 0.3 is 0 Å². The quantitative estimate of drug-likeness (QED) is 0.773. The molecule has 5 heteroatoms. The van der Waals surface area contributed by atoms with Crippen molar-refractivity contribution < 1.29 is 9.59 Å². The van der Waals surface area contributed by atoms with Crippen LogP contribution in [0.25, 0.3) is 0 Å². The first kappa shape index (κ1) is 13.9. The summed E-state index contributed by atoms with van der Waals surface area (Å²) in [6.07, 6.45) is 4.13. The number of rotatable bonds is 4. The maximum absolute atomic E-state index is 11.8. The number of hydrogen-bond donors (Lipinski definition) is 0. The number of likely N-dealkylation sites (tertiary alicyclic amines) is 2. The molecule has 2 fully saturated rings. The Labute approximate surface area is 113 Å². The maximum atomic E-state index is 11.8. The lowest BCUT2D eigenvalue weighted by Gasteiger charge is -2.23. The predicted octanol–water partition coefficient (Wildman–Crippen LogP) is 1.35. The van der Waals surface area contributed by atoms with Crippen LogP contribution < -0.4 is 0 Å². The molecule has 2 aliphatic rings. The Morgan fingerprint density at radius 3 is 2.89 bits per heavy atom. The first-order chi connectivity index (χ1) is 8.56. The molecule has 2 saturated heterocycles. The fraction of sp³-hybridized carbons (Fsp3) is 0.846. The average Bonchev–Trinajstić information content (AvgIpc) is 2.82. The second-order valence-corrected chi connectivity index (χ2v) is 6.82. The summed E-state index contributed by atoms with van der Waals surface area (Å²) in [5.74, 6) is 0.217. The highest BCUT2D eigenvalue weighted by atomic mass is 32.2. The van der Waals surface area contributed by atoms with Crippen molar-refractivity contribution in [1.82, 2.24) is 9.80 Å². The van der Waals surface area contributed by atoms with Crippen LogP contribution in [0.3, 0.4) is 0 Å². The van der Waals surface area contributed by atoms with Crippen LogP contribution in [0.5, 0.6) is 0 Å². The Hall–Kier alpha value is -0.550. The molecule has 2 rings (SSSR count). The van der Waals surface area contributed by atoms with Gasteiger partial charge in [-0.2, -0.15) is 0 Å². The molecule has 102 valence electrons. The van der Waals surface area contributed by atoms with Gasteiger partial charge in [0, 0.05) is 37.7 Å². The summed E-state index contributed by atoms with van der Waals surface area (Å²) in [5.41, 5.74) is 0. The molecule has 0 aliphatic carbocycles. The van der Waals surface area contributed by atoms with Gasteiger partial charge in [0.2, 0.25) is 5.91 Å². The second-order valence-electron chi connectivity index (χ2n) is 5.34. The van der Waals surface area contributed by atoms with Crippen LogP contribution >= 0.6 is 11.8 Å². The third-order valence-corrected chi connectivity index (χ3v) is 4.90. The van der Waals surface area contributed by atoms with Crippen LogP contribution in [-0.4, -0.2) is 58.8 Å². The summed E-state index contributed by atoms with van der Waals surface area (Å²) < 4.78 is 0. The van der Waals surface area contributed by atoms with Crippen LogP contribution in [-0.2, 0) is 9.59 Å². The van der Waals surface area contributed by atoms with Crippen molar-refractivity contribution in [3.63, 3.8) is 0 Å². The number of hydrogen-bond acceptors (Lipinski definition) is 4. The van der Waals surface area contributed by atoms with Crippen LogP contribution in [0.4, 0.5) is 0 Å². The van der Waals surface area contributed by atoms with Gasteiger partial charge in [-0.15, -0.1) is 0 Å². The summed E-state index contributed by atoms with van der Waals surface area (Å²) >= 11 is 1.32. The molecule has 0 spiro atoms. The fourth-order valence-corrected chi connectivity index (χ4v) is 3.86. The molecule has 0 bridgehead atoms. The molecule has 2 heterocycles. The van der Waals surface area contributed by atoms with Crippen molar-refractivity contribution in [2.24, 2.45) is 0 Å². The summed E-state index contributed by atoms with van der Waals surface area (Å²) in [7, 11) is 2.16. The molecule has 2 atom stereocenters. The van der Waals surface area contributed by atoms with E-state index in [0.717, 1.165) is 19.5 Å². The van der Waals surface area contributed by atoms with E-state index in [1.807, 2.05) is 4.90 Å². The summed E-state index contributed by atoms with van der Waals surface area (Å²) in [6.45, 7) is 4.36. The van der Waals surface area contributed by atoms with Crippen molar-refractivity contribution in [3.8, 4) is 0 Å². The fourth-order valence-electron chi connectivity index (χ4n) is 2.91. The molecule has 0 saturated carbocycles. The minimum atomic E-state index is 0.116. The van der Waals surface area contributed by atoms with Gasteiger partial charge < -0.3 is 9.80 Å². The lowest BCUT2D eigenvalue weighted by Crippen LogP contribution is -2.33. The molecule has 0 radical (unpaired) electrons. The van der Waals surface area contributed by atoms with E-state index in [1.165, 1.54) is 31.1 Å². The highest BCUT2D eigenvalue weighted by Gasteiger charge is 2.31. The van der Waals surface area contributed by atoms with Crippen molar-refractivity contribution in [3.05, 3.63) is 0 Å². The van der Waals surface area contributed by atoms with E-state index in [9.17, 15) is 9.59 Å². The number of amides is 1. The maximum Gasteiger partial charge on any atom is 0.223 e. The first-order valence-electron chi connectivity index (χ1n) is 6.71. The van der Waals surface area contributed by atoms with Crippen molar-refractivity contribution in [1.29, 1.82) is 0 Å². The molecule has 0 aromatic rings. The molecule has 4 nitrogen and oxygen atoms in total. The molecular weight excluding hydrogens is 248 g/mol. The monoisotopic (exact) mass is 270 g/mol. The van der Waals surface area contributed by atoms with Gasteiger partial charge in [-0.1, -0.05) is 11.8 Å². The minimum Gasteiger partial charge on any atom is -0.341 e. The number of carbonyl (C=O) groups is 2. The number of thioether (sulfide) groups is 1. The average molecular weight is 270 g/mol. The molecule has 2 aliphatic heterocycles. The van der Waals surface area contributed by atoms with E-state index >= 15 is 0 Å². The zero-order valence-electron chi connectivity index (χ0n) is 11.2. The minimum absolute atomic E-state index is 0.116. The Bertz CT molecular complexity index is 335. The molecule has 18 heavy (non-hydrogen) atoms. The molecule has 2 unspecified atom stereocenters. The standard InChI is InChI=1S/C13H22N2O2S/c1-10(16)18-12-8-13(17)15(9-12)7-5-11-4-3-6-14(11)2/h11-12H,3-9H2,1-2H3. The van der Waals surface area contributed by atoms with Gasteiger partial charge in [0.15, 0.2) is 5.12 Å². The third-order valence-electron chi connectivity index (χ3n) is 3.92. The zero-order valence-corrected chi connectivity index (χ0v) is 12.0. The predicted molar refractivity (Wildman–Crippen MR) is 73.5 cm³/mol. The van der Waals surface area contributed by atoms with Crippen molar-refractivity contribution >= 4 is 22.8 Å². The van der Waals surface area contributed by atoms with E-state index in [-0.39, 0.29) is 16.3 Å². The lowest BCUT2D eigenvalue weighted by molar-refractivity contribution is -0.127. The Kier molecular flexibility index (Phi) is 4.67. The highest BCUT2D eigenvalue weighted by Crippen LogP contribution is 2.25. The highest BCUT2D eigenvalue weighted by molar-refractivity contribution is 8.14. The molecule has 1 amide bonds. The van der Waals surface area contributed by atoms with E-state index in [4.69, 9.17) is 0 Å². The van der Waals surface area contributed by atoms with Gasteiger partial charge in [0.1, 0.15) is 0 Å². The van der Waals surface area contributed by atoms with Crippen LogP contribution in [0, 0.1) is 0 Å². The normalized spacial score (nSPS) is 29.2. The van der Waals surface area contributed by atoms with Crippen LogP contribution in [0.2, 0.25) is 0 Å². The van der Waals surface area contributed by atoms with E-state index in [1.54, 1.807) is 6.92 Å². The van der Waals surface area contributed by atoms with Gasteiger partial charge in [0.05, 0.1) is 0 Å². The topological polar surface area (TPSA) is 40.6 Å². The third kappa shape index (κ3) is 3.48. The molecule has 0 N–H and O–H groups in total. The molecular formula is C13H22N2O2S. The largest absolute Gasteiger partial charge is 0.341 e. The second kappa shape index (κ2) is 6.06. The lowest BCUT2D eigenvalue weighted by atomic mass is 10.1. The SMILES string of the molecule is CC(=O)SC1CC(=O)N(CCC2CCCN2C)C1. The van der Waals surface area contributed by atoms with Gasteiger partial charge in [-0.05, 0) is 32.9 Å². The smallest absolute Gasteiger partial charge is 0.223 e. The van der Waals surface area contributed by atoms with Crippen molar-refractivity contribution in [2.45, 2.75) is 43.9 Å². The van der Waals surface area contributed by atoms with Gasteiger partial charge in [-0.3, -0.25) is 9.59 Å². The summed E-state index contributed by atoms with van der Waals surface area (Å²) in [4.78, 5) is 27.2. The van der Waals surface area contributed by atoms with Gasteiger partial charge in [-0.25, -0.2) is 0 Å². The van der Waals surface area contributed by atoms with Gasteiger partial charge in [0.25, 0.3) is 0 Å². The van der Waals surface area contributed by atoms with Crippen LogP contribution in [0.1, 0.15) is 32.6 Å². The van der Waals surface area contributed by atoms with E-state index in [0.29, 0.717) is 12.5 Å². The summed E-state index contributed by atoms with van der Waals surface area (Å²) in [6, 6.07) is 0.636. The molecule has 0 aromatic heterocycles. The number of carbonyl (C=O) groups excluding carboxylic acids is 2. The van der Waals surface area contributed by atoms with E-state index in [2.05, 4.69) is 11.9 Å². The summed E-state index contributed by atoms with van der Waals surface area (Å²) in [5, 5.41) is 0.293. The van der Waals surface area contributed by atoms with Crippen LogP contribution in [0.15, 0.2) is 0 Å². The Morgan fingerprint density at radius 2 is 2.28 bits per heavy atom. The van der Waals surface area contributed by atoms with E-state index < -0.39 is 0 Å². The first-order valence-corrected chi connectivity index (χ1v) is 7.59. The Morgan fingerprint density at radius 1 is 1.50 bits per heavy atom. The Balaban J connectivity index is 1.76. The van der Waals surface area contributed by atoms with Crippen molar-refractivity contribution in [2.75, 3.05) is 26.7 Å². The molecule has 0 aromatic carbocycles. The number of nitrogens with zero attached hydrogens (tertiary/aromatic N) is 2. The zero-order chi connectivity index (χ0) is 13.1.